The summed E-state index contributed by atoms with van der Waals surface area (Å²) in [4.78, 5) is 39.6. The molecule has 1 N–H and O–H groups in total. The molecule has 1 aromatic rings. The Hall–Kier alpha value is -2.08. The zero-order valence-corrected chi connectivity index (χ0v) is 18.1. The zero-order chi connectivity index (χ0) is 20.8. The van der Waals surface area contributed by atoms with Gasteiger partial charge in [0.05, 0.1) is 4.91 Å². The van der Waals surface area contributed by atoms with Crippen molar-refractivity contribution in [2.75, 3.05) is 13.1 Å². The van der Waals surface area contributed by atoms with E-state index in [1.165, 1.54) is 37.0 Å². The second-order valence-electron chi connectivity index (χ2n) is 9.49. The summed E-state index contributed by atoms with van der Waals surface area (Å²) in [6.45, 7) is 2.57. The SMILES string of the molecule is Cc1ccc(/C=C2\SC(=O)N(CCNC(=O)C3C4CC5CC(C4)CC3C5)C2=O)cc1. The molecule has 0 unspecified atom stereocenters. The zero-order valence-electron chi connectivity index (χ0n) is 17.3. The first-order valence-electron chi connectivity index (χ1n) is 11.1. The lowest BCUT2D eigenvalue weighted by Crippen LogP contribution is -2.51. The largest absolute Gasteiger partial charge is 0.354 e. The van der Waals surface area contributed by atoms with E-state index in [0.717, 1.165) is 34.7 Å². The van der Waals surface area contributed by atoms with Gasteiger partial charge in [-0.05, 0) is 86.1 Å². The predicted molar refractivity (Wildman–Crippen MR) is 117 cm³/mol. The predicted octanol–water partition coefficient (Wildman–Crippen LogP) is 4.22. The quantitative estimate of drug-likeness (QED) is 0.719. The van der Waals surface area contributed by atoms with Gasteiger partial charge in [0, 0.05) is 19.0 Å². The van der Waals surface area contributed by atoms with Crippen molar-refractivity contribution < 1.29 is 14.4 Å². The molecule has 4 bridgehead atoms. The highest BCUT2D eigenvalue weighted by molar-refractivity contribution is 8.18. The van der Waals surface area contributed by atoms with Crippen molar-refractivity contribution in [3.05, 3.63) is 40.3 Å². The molecule has 30 heavy (non-hydrogen) atoms. The number of rotatable bonds is 5. The second kappa shape index (κ2) is 7.88. The summed E-state index contributed by atoms with van der Waals surface area (Å²) in [5, 5.41) is 2.77. The lowest BCUT2D eigenvalue weighted by Gasteiger charge is -2.53. The van der Waals surface area contributed by atoms with E-state index in [1.54, 1.807) is 6.08 Å². The average Bonchev–Trinajstić information content (AvgIpc) is 2.96. The minimum Gasteiger partial charge on any atom is -0.354 e. The Bertz CT molecular complexity index is 880. The molecule has 5 aliphatic rings. The van der Waals surface area contributed by atoms with Gasteiger partial charge >= 0.3 is 0 Å². The molecule has 5 fully saturated rings. The van der Waals surface area contributed by atoms with E-state index in [-0.39, 0.29) is 29.5 Å². The summed E-state index contributed by atoms with van der Waals surface area (Å²) in [5.74, 6) is 2.75. The number of aryl methyl sites for hydroxylation is 1. The monoisotopic (exact) mass is 424 g/mol. The minimum absolute atomic E-state index is 0.131. The van der Waals surface area contributed by atoms with E-state index in [4.69, 9.17) is 0 Å². The Morgan fingerprint density at radius 1 is 1.07 bits per heavy atom. The van der Waals surface area contributed by atoms with Crippen LogP contribution in [0.1, 0.15) is 43.2 Å². The number of benzene rings is 1. The maximum Gasteiger partial charge on any atom is 0.293 e. The highest BCUT2D eigenvalue weighted by Gasteiger charge is 2.50. The number of thioether (sulfide) groups is 1. The Balaban J connectivity index is 1.17. The summed E-state index contributed by atoms with van der Waals surface area (Å²) >= 11 is 0.972. The molecule has 158 valence electrons. The van der Waals surface area contributed by atoms with Gasteiger partial charge in [-0.15, -0.1) is 0 Å². The van der Waals surface area contributed by atoms with E-state index < -0.39 is 0 Å². The number of carbonyl (C=O) groups is 3. The summed E-state index contributed by atoms with van der Waals surface area (Å²) in [6.07, 6.45) is 7.96. The Labute approximate surface area is 181 Å². The van der Waals surface area contributed by atoms with Gasteiger partial charge in [0.1, 0.15) is 0 Å². The van der Waals surface area contributed by atoms with Crippen LogP contribution >= 0.6 is 11.8 Å². The van der Waals surface area contributed by atoms with Crippen LogP contribution < -0.4 is 5.32 Å². The first-order valence-corrected chi connectivity index (χ1v) is 11.9. The van der Waals surface area contributed by atoms with Crippen molar-refractivity contribution in [1.82, 2.24) is 10.2 Å². The Kier molecular flexibility index (Phi) is 5.21. The van der Waals surface area contributed by atoms with Gasteiger partial charge in [-0.3, -0.25) is 19.3 Å². The van der Waals surface area contributed by atoms with Crippen molar-refractivity contribution >= 4 is 34.9 Å². The first-order chi connectivity index (χ1) is 14.5. The molecule has 1 aliphatic heterocycles. The molecular formula is C24H28N2O3S. The molecule has 0 aromatic heterocycles. The van der Waals surface area contributed by atoms with Crippen LogP contribution in [0.15, 0.2) is 29.2 Å². The smallest absolute Gasteiger partial charge is 0.293 e. The fourth-order valence-electron chi connectivity index (χ4n) is 6.27. The van der Waals surface area contributed by atoms with E-state index in [2.05, 4.69) is 5.32 Å². The van der Waals surface area contributed by atoms with Crippen molar-refractivity contribution in [2.45, 2.75) is 39.0 Å². The second-order valence-corrected chi connectivity index (χ2v) is 10.5. The number of nitrogens with one attached hydrogen (secondary N) is 1. The Morgan fingerprint density at radius 2 is 1.70 bits per heavy atom. The standard InChI is InChI=1S/C24H28N2O3S/c1-14-2-4-15(5-3-14)13-20-23(28)26(24(29)30-20)7-6-25-22(27)21-18-9-16-8-17(11-18)12-19(21)10-16/h2-5,13,16-19,21H,6-12H2,1H3,(H,25,27)/b20-13-. The van der Waals surface area contributed by atoms with Crippen LogP contribution in [0.4, 0.5) is 4.79 Å². The number of amides is 3. The van der Waals surface area contributed by atoms with Crippen LogP contribution in [-0.4, -0.2) is 35.0 Å². The maximum atomic E-state index is 12.9. The van der Waals surface area contributed by atoms with Crippen LogP contribution in [0.25, 0.3) is 6.08 Å². The third-order valence-corrected chi connectivity index (χ3v) is 8.32. The fourth-order valence-corrected chi connectivity index (χ4v) is 7.13. The van der Waals surface area contributed by atoms with E-state index in [9.17, 15) is 14.4 Å². The average molecular weight is 425 g/mol. The van der Waals surface area contributed by atoms with E-state index in [0.29, 0.717) is 23.3 Å². The molecule has 1 heterocycles. The molecule has 5 nitrogen and oxygen atoms in total. The first kappa shape index (κ1) is 19.9. The van der Waals surface area contributed by atoms with Gasteiger partial charge in [-0.2, -0.15) is 0 Å². The van der Waals surface area contributed by atoms with Crippen LogP contribution in [0.2, 0.25) is 0 Å². The third-order valence-electron chi connectivity index (χ3n) is 7.41. The highest BCUT2D eigenvalue weighted by Crippen LogP contribution is 2.56. The molecule has 0 atom stereocenters. The van der Waals surface area contributed by atoms with Crippen LogP contribution in [0.3, 0.4) is 0 Å². The number of imide groups is 1. The third kappa shape index (κ3) is 3.70. The topological polar surface area (TPSA) is 66.5 Å². The van der Waals surface area contributed by atoms with Gasteiger partial charge in [0.25, 0.3) is 11.1 Å². The van der Waals surface area contributed by atoms with Crippen molar-refractivity contribution in [2.24, 2.45) is 29.6 Å². The number of hydrogen-bond acceptors (Lipinski definition) is 4. The number of carbonyl (C=O) groups excluding carboxylic acids is 3. The summed E-state index contributed by atoms with van der Waals surface area (Å²) < 4.78 is 0. The fraction of sp³-hybridized carbons (Fsp3) is 0.542. The molecule has 4 aliphatic carbocycles. The molecule has 6 heteroatoms. The molecule has 1 aromatic carbocycles. The lowest BCUT2D eigenvalue weighted by molar-refractivity contribution is -0.138. The van der Waals surface area contributed by atoms with Gasteiger partial charge < -0.3 is 5.32 Å². The van der Waals surface area contributed by atoms with Crippen molar-refractivity contribution in [1.29, 1.82) is 0 Å². The van der Waals surface area contributed by atoms with Crippen molar-refractivity contribution in [3.8, 4) is 0 Å². The lowest BCUT2D eigenvalue weighted by atomic mass is 9.51. The van der Waals surface area contributed by atoms with Gasteiger partial charge in [-0.25, -0.2) is 0 Å². The van der Waals surface area contributed by atoms with Crippen LogP contribution in [-0.2, 0) is 9.59 Å². The molecule has 0 spiro atoms. The number of hydrogen-bond donors (Lipinski definition) is 1. The van der Waals surface area contributed by atoms with Crippen LogP contribution in [0, 0.1) is 36.5 Å². The molecule has 4 saturated carbocycles. The van der Waals surface area contributed by atoms with Crippen LogP contribution in [0.5, 0.6) is 0 Å². The normalized spacial score (nSPS) is 33.6. The molecular weight excluding hydrogens is 396 g/mol. The Morgan fingerprint density at radius 3 is 2.33 bits per heavy atom. The molecule has 3 amide bonds. The number of nitrogens with zero attached hydrogens (tertiary/aromatic N) is 1. The highest BCUT2D eigenvalue weighted by atomic mass is 32.2. The molecule has 0 radical (unpaired) electrons. The maximum absolute atomic E-state index is 12.9. The van der Waals surface area contributed by atoms with Gasteiger partial charge in [0.15, 0.2) is 0 Å². The van der Waals surface area contributed by atoms with E-state index >= 15 is 0 Å². The summed E-state index contributed by atoms with van der Waals surface area (Å²) in [7, 11) is 0. The van der Waals surface area contributed by atoms with Gasteiger partial charge in [-0.1, -0.05) is 29.8 Å². The van der Waals surface area contributed by atoms with Gasteiger partial charge in [0.2, 0.25) is 5.91 Å². The summed E-state index contributed by atoms with van der Waals surface area (Å²) in [5.41, 5.74) is 2.05. The van der Waals surface area contributed by atoms with E-state index in [1.807, 2.05) is 31.2 Å². The molecule has 6 rings (SSSR count). The molecule has 1 saturated heterocycles. The minimum atomic E-state index is -0.269. The van der Waals surface area contributed by atoms with Crippen molar-refractivity contribution in [3.63, 3.8) is 0 Å². The summed E-state index contributed by atoms with van der Waals surface area (Å²) in [6, 6.07) is 7.84.